The predicted octanol–water partition coefficient (Wildman–Crippen LogP) is 2.52. The second-order valence-electron chi connectivity index (χ2n) is 10.2. The zero-order valence-electron chi connectivity index (χ0n) is 23.8. The van der Waals surface area contributed by atoms with Gasteiger partial charge in [0.1, 0.15) is 42.6 Å². The number of thioether (sulfide) groups is 1. The first-order valence-corrected chi connectivity index (χ1v) is 14.7. The second-order valence-corrected chi connectivity index (χ2v) is 11.4. The van der Waals surface area contributed by atoms with Crippen LogP contribution in [0, 0.1) is 0 Å². The number of aliphatic hydroxyl groups is 1. The first-order chi connectivity index (χ1) is 20.7. The molecule has 3 heterocycles. The van der Waals surface area contributed by atoms with Crippen LogP contribution in [0.2, 0.25) is 0 Å². The number of hydrogen-bond donors (Lipinski definition) is 1. The van der Waals surface area contributed by atoms with Crippen LogP contribution in [-0.2, 0) is 52.3 Å². The predicted molar refractivity (Wildman–Crippen MR) is 148 cm³/mol. The summed E-state index contributed by atoms with van der Waals surface area (Å²) in [5.74, 6) is -1.92. The molecule has 3 fully saturated rings. The van der Waals surface area contributed by atoms with Gasteiger partial charge >= 0.3 is 17.9 Å². The van der Waals surface area contributed by atoms with Crippen molar-refractivity contribution < 1.29 is 57.4 Å². The maximum absolute atomic E-state index is 12.1. The lowest BCUT2D eigenvalue weighted by Gasteiger charge is -2.48. The van der Waals surface area contributed by atoms with Gasteiger partial charge in [0.05, 0.1) is 6.61 Å². The average Bonchev–Trinajstić information content (AvgIpc) is 3.29. The van der Waals surface area contributed by atoms with Crippen LogP contribution in [0.4, 0.5) is 0 Å². The van der Waals surface area contributed by atoms with Crippen molar-refractivity contribution >= 4 is 29.7 Å². The molecule has 0 amide bonds. The van der Waals surface area contributed by atoms with Gasteiger partial charge in [-0.1, -0.05) is 60.3 Å². The number of aliphatic hydroxyl groups excluding tert-OH is 1. The molecule has 3 aliphatic heterocycles. The van der Waals surface area contributed by atoms with Gasteiger partial charge in [0.15, 0.2) is 24.8 Å². The molecule has 10 atom stereocenters. The molecule has 13 heteroatoms. The molecular formula is C30H34O12S. The molecule has 0 bridgehead atoms. The van der Waals surface area contributed by atoms with Crippen LogP contribution in [0.25, 0.3) is 0 Å². The van der Waals surface area contributed by atoms with Crippen molar-refractivity contribution in [1.29, 1.82) is 0 Å². The summed E-state index contributed by atoms with van der Waals surface area (Å²) < 4.78 is 47.1. The average molecular weight is 619 g/mol. The van der Waals surface area contributed by atoms with Crippen molar-refractivity contribution in [3.05, 3.63) is 66.2 Å². The van der Waals surface area contributed by atoms with Crippen LogP contribution in [0.1, 0.15) is 32.6 Å². The highest BCUT2D eigenvalue weighted by Gasteiger charge is 2.56. The number of benzene rings is 2. The summed E-state index contributed by atoms with van der Waals surface area (Å²) in [7, 11) is 0. The molecule has 0 aromatic heterocycles. The van der Waals surface area contributed by atoms with E-state index in [1.54, 1.807) is 0 Å². The fourth-order valence-electron chi connectivity index (χ4n) is 5.17. The van der Waals surface area contributed by atoms with Crippen molar-refractivity contribution in [1.82, 2.24) is 0 Å². The van der Waals surface area contributed by atoms with Crippen LogP contribution in [0.5, 0.6) is 0 Å². The number of fused-ring (bicyclic) bond motifs is 1. The van der Waals surface area contributed by atoms with Gasteiger partial charge in [0.2, 0.25) is 0 Å². The Morgan fingerprint density at radius 1 is 0.837 bits per heavy atom. The van der Waals surface area contributed by atoms with Gasteiger partial charge in [0.25, 0.3) is 0 Å². The number of esters is 3. The third-order valence-electron chi connectivity index (χ3n) is 6.99. The van der Waals surface area contributed by atoms with Gasteiger partial charge in [-0.3, -0.25) is 14.4 Å². The van der Waals surface area contributed by atoms with E-state index < -0.39 is 78.7 Å². The number of carbonyl (C=O) groups is 3. The lowest BCUT2D eigenvalue weighted by atomic mass is 9.98. The minimum atomic E-state index is -1.32. The lowest BCUT2D eigenvalue weighted by Crippen LogP contribution is -2.63. The first-order valence-electron chi connectivity index (χ1n) is 13.9. The molecule has 1 N–H and O–H groups in total. The SMILES string of the molecule is CC(=O)OC[C@H]1O[C@H](O[C@@H]2[C@@H](O)[C@H](Sc3ccccc3)O[C@@H]3CO[C@@H](c4ccccc4)O[C@@H]23)[C@@H](OC(C)=O)[C@@H]1OC(C)=O. The highest BCUT2D eigenvalue weighted by Crippen LogP contribution is 2.41. The normalized spacial score (nSPS) is 33.7. The van der Waals surface area contributed by atoms with E-state index in [1.807, 2.05) is 60.7 Å². The van der Waals surface area contributed by atoms with E-state index in [-0.39, 0.29) is 13.2 Å². The van der Waals surface area contributed by atoms with E-state index >= 15 is 0 Å². The topological polar surface area (TPSA) is 145 Å². The summed E-state index contributed by atoms with van der Waals surface area (Å²) in [6, 6.07) is 18.7. The van der Waals surface area contributed by atoms with E-state index in [2.05, 4.69) is 0 Å². The molecule has 0 radical (unpaired) electrons. The first kappa shape index (κ1) is 31.4. The lowest BCUT2D eigenvalue weighted by molar-refractivity contribution is -0.342. The largest absolute Gasteiger partial charge is 0.463 e. The molecule has 5 rings (SSSR count). The van der Waals surface area contributed by atoms with E-state index in [0.29, 0.717) is 0 Å². The van der Waals surface area contributed by atoms with E-state index in [4.69, 9.17) is 37.9 Å². The molecule has 0 spiro atoms. The van der Waals surface area contributed by atoms with Crippen LogP contribution in [-0.4, -0.2) is 90.7 Å². The van der Waals surface area contributed by atoms with Crippen LogP contribution >= 0.6 is 11.8 Å². The van der Waals surface area contributed by atoms with Crippen molar-refractivity contribution in [3.8, 4) is 0 Å². The number of rotatable bonds is 9. The molecule has 3 aliphatic rings. The Bertz CT molecular complexity index is 1250. The third-order valence-corrected chi connectivity index (χ3v) is 8.15. The Morgan fingerprint density at radius 3 is 2.14 bits per heavy atom. The molecule has 0 unspecified atom stereocenters. The summed E-state index contributed by atoms with van der Waals surface area (Å²) in [5, 5.41) is 11.7. The van der Waals surface area contributed by atoms with Crippen molar-refractivity contribution in [3.63, 3.8) is 0 Å². The van der Waals surface area contributed by atoms with Gasteiger partial charge in [0, 0.05) is 31.2 Å². The Labute approximate surface area is 252 Å². The minimum absolute atomic E-state index is 0.146. The van der Waals surface area contributed by atoms with Crippen molar-refractivity contribution in [2.75, 3.05) is 13.2 Å². The zero-order valence-corrected chi connectivity index (χ0v) is 24.6. The fourth-order valence-corrected chi connectivity index (χ4v) is 6.24. The minimum Gasteiger partial charge on any atom is -0.463 e. The highest BCUT2D eigenvalue weighted by molar-refractivity contribution is 7.99. The number of hydrogen-bond acceptors (Lipinski definition) is 13. The van der Waals surface area contributed by atoms with Crippen molar-refractivity contribution in [2.24, 2.45) is 0 Å². The standard InChI is InChI=1S/C30H34O12S/c1-16(31)35-14-21-25(37-17(2)32)27(38-18(3)33)29(39-21)42-26-23(34)30(43-20-12-8-5-9-13-20)40-22-15-36-28(41-24(22)26)19-10-6-4-7-11-19/h4-13,21-30,34H,14-15H2,1-3H3/t21-,22-,23-,24-,25-,26-,27+,28-,29-,30+/m1/s1. The quantitative estimate of drug-likeness (QED) is 0.325. The van der Waals surface area contributed by atoms with Gasteiger partial charge in [-0.05, 0) is 12.1 Å². The Morgan fingerprint density at radius 2 is 1.49 bits per heavy atom. The number of ether oxygens (including phenoxy) is 8. The molecule has 232 valence electrons. The Kier molecular flexibility index (Phi) is 10.3. The highest BCUT2D eigenvalue weighted by atomic mass is 32.2. The molecule has 3 saturated heterocycles. The van der Waals surface area contributed by atoms with Crippen LogP contribution < -0.4 is 0 Å². The van der Waals surface area contributed by atoms with E-state index in [1.165, 1.54) is 32.5 Å². The summed E-state index contributed by atoms with van der Waals surface area (Å²) in [6.07, 6.45) is -9.27. The van der Waals surface area contributed by atoms with Gasteiger partial charge in [-0.2, -0.15) is 0 Å². The zero-order chi connectivity index (χ0) is 30.5. The third kappa shape index (κ3) is 7.73. The van der Waals surface area contributed by atoms with Crippen molar-refractivity contribution in [2.45, 2.75) is 86.4 Å². The van der Waals surface area contributed by atoms with E-state index in [9.17, 15) is 19.5 Å². The molecular weight excluding hydrogens is 584 g/mol. The molecule has 12 nitrogen and oxygen atoms in total. The monoisotopic (exact) mass is 618 g/mol. The van der Waals surface area contributed by atoms with Crippen LogP contribution in [0.3, 0.4) is 0 Å². The second kappa shape index (κ2) is 14.2. The van der Waals surface area contributed by atoms with Crippen LogP contribution in [0.15, 0.2) is 65.6 Å². The molecule has 2 aromatic rings. The van der Waals surface area contributed by atoms with Gasteiger partial charge in [-0.15, -0.1) is 0 Å². The summed E-state index contributed by atoms with van der Waals surface area (Å²) >= 11 is 1.30. The summed E-state index contributed by atoms with van der Waals surface area (Å²) in [4.78, 5) is 36.5. The smallest absolute Gasteiger partial charge is 0.303 e. The van der Waals surface area contributed by atoms with Gasteiger partial charge < -0.3 is 43.0 Å². The number of carbonyl (C=O) groups excluding carboxylic acids is 3. The molecule has 43 heavy (non-hydrogen) atoms. The Hall–Kier alpha value is -3.04. The van der Waals surface area contributed by atoms with E-state index in [0.717, 1.165) is 10.5 Å². The summed E-state index contributed by atoms with van der Waals surface area (Å²) in [5.41, 5.74) is -0.0231. The molecule has 0 aliphatic carbocycles. The molecule has 0 saturated carbocycles. The summed E-state index contributed by atoms with van der Waals surface area (Å²) in [6.45, 7) is 3.47. The Balaban J connectivity index is 1.43. The molecule has 2 aromatic carbocycles. The maximum atomic E-state index is 12.1. The van der Waals surface area contributed by atoms with Gasteiger partial charge in [-0.25, -0.2) is 0 Å². The maximum Gasteiger partial charge on any atom is 0.303 e. The fraction of sp³-hybridized carbons (Fsp3) is 0.500.